The monoisotopic (exact) mass is 330 g/mol. The highest BCUT2D eigenvalue weighted by Gasteiger charge is 2.30. The first-order valence-corrected chi connectivity index (χ1v) is 8.57. The van der Waals surface area contributed by atoms with E-state index in [0.717, 1.165) is 36.6 Å². The molecule has 1 saturated heterocycles. The van der Waals surface area contributed by atoms with E-state index in [4.69, 9.17) is 9.26 Å². The van der Waals surface area contributed by atoms with E-state index < -0.39 is 6.10 Å². The summed E-state index contributed by atoms with van der Waals surface area (Å²) in [5.74, 6) is 1.71. The van der Waals surface area contributed by atoms with Crippen LogP contribution in [0.15, 0.2) is 28.8 Å². The summed E-state index contributed by atoms with van der Waals surface area (Å²) in [5, 5.41) is 14.3. The predicted molar refractivity (Wildman–Crippen MR) is 92.2 cm³/mol. The third-order valence-corrected chi connectivity index (χ3v) is 4.42. The predicted octanol–water partition coefficient (Wildman–Crippen LogP) is 3.18. The SMILES string of the molecule is Cc1cc(C)cc(OC[C@@H](O)CN2CCC[C@@H]2c2cc(C)no2)c1. The molecular weight excluding hydrogens is 304 g/mol. The Kier molecular flexibility index (Phi) is 5.21. The van der Waals surface area contributed by atoms with Gasteiger partial charge in [-0.25, -0.2) is 0 Å². The lowest BCUT2D eigenvalue weighted by Gasteiger charge is -2.25. The van der Waals surface area contributed by atoms with Crippen molar-refractivity contribution >= 4 is 0 Å². The van der Waals surface area contributed by atoms with Crippen molar-refractivity contribution in [3.05, 3.63) is 46.8 Å². The van der Waals surface area contributed by atoms with Crippen LogP contribution in [-0.4, -0.2) is 41.0 Å². The fourth-order valence-corrected chi connectivity index (χ4v) is 3.44. The Bertz CT molecular complexity index is 663. The second-order valence-corrected chi connectivity index (χ2v) is 6.81. The van der Waals surface area contributed by atoms with Crippen LogP contribution >= 0.6 is 0 Å². The number of ether oxygens (including phenoxy) is 1. The van der Waals surface area contributed by atoms with Gasteiger partial charge in [0.05, 0.1) is 11.7 Å². The summed E-state index contributed by atoms with van der Waals surface area (Å²) < 4.78 is 11.2. The van der Waals surface area contributed by atoms with Crippen LogP contribution in [0.5, 0.6) is 5.75 Å². The Morgan fingerprint density at radius 3 is 2.67 bits per heavy atom. The van der Waals surface area contributed by atoms with Crippen LogP contribution in [0.25, 0.3) is 0 Å². The van der Waals surface area contributed by atoms with E-state index in [1.807, 2.05) is 39.0 Å². The summed E-state index contributed by atoms with van der Waals surface area (Å²) >= 11 is 0. The zero-order valence-corrected chi connectivity index (χ0v) is 14.7. The summed E-state index contributed by atoms with van der Waals surface area (Å²) in [6.45, 7) is 7.86. The van der Waals surface area contributed by atoms with Crippen LogP contribution in [0.4, 0.5) is 0 Å². The fraction of sp³-hybridized carbons (Fsp3) is 0.526. The largest absolute Gasteiger partial charge is 0.491 e. The Morgan fingerprint density at radius 1 is 1.25 bits per heavy atom. The lowest BCUT2D eigenvalue weighted by atomic mass is 10.1. The van der Waals surface area contributed by atoms with Gasteiger partial charge in [0.1, 0.15) is 18.5 Å². The van der Waals surface area contributed by atoms with Gasteiger partial charge in [-0.15, -0.1) is 0 Å². The van der Waals surface area contributed by atoms with Crippen molar-refractivity contribution in [3.63, 3.8) is 0 Å². The molecule has 1 aromatic carbocycles. The number of nitrogens with zero attached hydrogens (tertiary/aromatic N) is 2. The fourth-order valence-electron chi connectivity index (χ4n) is 3.44. The highest BCUT2D eigenvalue weighted by molar-refractivity contribution is 5.33. The van der Waals surface area contributed by atoms with Crippen molar-refractivity contribution in [2.24, 2.45) is 0 Å². The third-order valence-electron chi connectivity index (χ3n) is 4.42. The first kappa shape index (κ1) is 17.0. The number of hydrogen-bond donors (Lipinski definition) is 1. The molecule has 0 amide bonds. The minimum absolute atomic E-state index is 0.210. The van der Waals surface area contributed by atoms with E-state index >= 15 is 0 Å². The van der Waals surface area contributed by atoms with Crippen molar-refractivity contribution in [2.45, 2.75) is 45.8 Å². The van der Waals surface area contributed by atoms with E-state index in [2.05, 4.69) is 16.1 Å². The average Bonchev–Trinajstić information content (AvgIpc) is 3.13. The van der Waals surface area contributed by atoms with Crippen LogP contribution in [0.1, 0.15) is 41.5 Å². The van der Waals surface area contributed by atoms with E-state index in [9.17, 15) is 5.11 Å². The highest BCUT2D eigenvalue weighted by Crippen LogP contribution is 2.32. The molecule has 1 aliphatic rings. The Labute approximate surface area is 143 Å². The number of aliphatic hydroxyl groups excluding tert-OH is 1. The lowest BCUT2D eigenvalue weighted by molar-refractivity contribution is 0.0597. The number of rotatable bonds is 6. The molecule has 0 radical (unpaired) electrons. The van der Waals surface area contributed by atoms with Gasteiger partial charge >= 0.3 is 0 Å². The van der Waals surface area contributed by atoms with Crippen LogP contribution in [0.2, 0.25) is 0 Å². The molecule has 5 nitrogen and oxygen atoms in total. The third kappa shape index (κ3) is 4.16. The number of aryl methyl sites for hydroxylation is 3. The molecule has 1 N–H and O–H groups in total. The van der Waals surface area contributed by atoms with Gasteiger partial charge in [0.15, 0.2) is 5.76 Å². The molecular formula is C19H26N2O3. The van der Waals surface area contributed by atoms with Crippen molar-refractivity contribution in [1.29, 1.82) is 0 Å². The number of aromatic nitrogens is 1. The maximum Gasteiger partial charge on any atom is 0.154 e. The Balaban J connectivity index is 1.55. The molecule has 24 heavy (non-hydrogen) atoms. The summed E-state index contributed by atoms with van der Waals surface area (Å²) in [7, 11) is 0. The van der Waals surface area contributed by atoms with Crippen LogP contribution in [0.3, 0.4) is 0 Å². The van der Waals surface area contributed by atoms with Crippen molar-refractivity contribution in [1.82, 2.24) is 10.1 Å². The van der Waals surface area contributed by atoms with Gasteiger partial charge in [-0.05, 0) is 63.4 Å². The summed E-state index contributed by atoms with van der Waals surface area (Å²) in [5.41, 5.74) is 3.23. The van der Waals surface area contributed by atoms with Crippen molar-refractivity contribution in [3.8, 4) is 5.75 Å². The molecule has 2 aromatic rings. The maximum atomic E-state index is 10.4. The molecule has 1 aliphatic heterocycles. The number of β-amino-alcohol motifs (C(OH)–C–C–N with tert-alkyl or cyclic N) is 1. The van der Waals surface area contributed by atoms with Gasteiger partial charge in [0, 0.05) is 12.6 Å². The molecule has 0 aliphatic carbocycles. The van der Waals surface area contributed by atoms with Crippen LogP contribution in [-0.2, 0) is 0 Å². The summed E-state index contributed by atoms with van der Waals surface area (Å²) in [6, 6.07) is 8.30. The molecule has 0 spiro atoms. The molecule has 130 valence electrons. The number of aliphatic hydroxyl groups is 1. The number of likely N-dealkylation sites (tertiary alicyclic amines) is 1. The standard InChI is InChI=1S/C19H26N2O3/c1-13-7-14(2)9-17(8-13)23-12-16(22)11-21-6-4-5-18(21)19-10-15(3)20-24-19/h7-10,16,18,22H,4-6,11-12H2,1-3H3/t16-,18+/m0/s1. The molecule has 3 rings (SSSR count). The summed E-state index contributed by atoms with van der Waals surface area (Å²) in [6.07, 6.45) is 1.62. The molecule has 2 heterocycles. The van der Waals surface area contributed by atoms with Crippen molar-refractivity contribution in [2.75, 3.05) is 19.7 Å². The second kappa shape index (κ2) is 7.36. The number of benzene rings is 1. The average molecular weight is 330 g/mol. The minimum atomic E-state index is -0.532. The molecule has 0 unspecified atom stereocenters. The second-order valence-electron chi connectivity index (χ2n) is 6.81. The van der Waals surface area contributed by atoms with Crippen LogP contribution in [0, 0.1) is 20.8 Å². The molecule has 2 atom stereocenters. The smallest absolute Gasteiger partial charge is 0.154 e. The molecule has 0 bridgehead atoms. The van der Waals surface area contributed by atoms with E-state index in [0.29, 0.717) is 13.2 Å². The van der Waals surface area contributed by atoms with Gasteiger partial charge in [0.25, 0.3) is 0 Å². The lowest BCUT2D eigenvalue weighted by Crippen LogP contribution is -2.35. The van der Waals surface area contributed by atoms with E-state index in [-0.39, 0.29) is 6.04 Å². The van der Waals surface area contributed by atoms with Crippen molar-refractivity contribution < 1.29 is 14.4 Å². The zero-order chi connectivity index (χ0) is 17.1. The van der Waals surface area contributed by atoms with Gasteiger partial charge in [-0.3, -0.25) is 4.90 Å². The molecule has 1 fully saturated rings. The van der Waals surface area contributed by atoms with E-state index in [1.54, 1.807) is 0 Å². The quantitative estimate of drug-likeness (QED) is 0.881. The highest BCUT2D eigenvalue weighted by atomic mass is 16.5. The van der Waals surface area contributed by atoms with Crippen LogP contribution < -0.4 is 4.74 Å². The maximum absolute atomic E-state index is 10.4. The zero-order valence-electron chi connectivity index (χ0n) is 14.7. The van der Waals surface area contributed by atoms with Gasteiger partial charge < -0.3 is 14.4 Å². The number of hydrogen-bond acceptors (Lipinski definition) is 5. The van der Waals surface area contributed by atoms with Gasteiger partial charge in [-0.1, -0.05) is 11.2 Å². The first-order valence-electron chi connectivity index (χ1n) is 8.57. The Hall–Kier alpha value is -1.85. The normalized spacial score (nSPS) is 19.6. The first-order chi connectivity index (χ1) is 11.5. The molecule has 0 saturated carbocycles. The Morgan fingerprint density at radius 2 is 2.00 bits per heavy atom. The summed E-state index contributed by atoms with van der Waals surface area (Å²) in [4.78, 5) is 2.26. The topological polar surface area (TPSA) is 58.7 Å². The van der Waals surface area contributed by atoms with Gasteiger partial charge in [-0.2, -0.15) is 0 Å². The van der Waals surface area contributed by atoms with Gasteiger partial charge in [0.2, 0.25) is 0 Å². The minimum Gasteiger partial charge on any atom is -0.491 e. The molecule has 5 heteroatoms. The van der Waals surface area contributed by atoms with E-state index in [1.165, 1.54) is 11.1 Å². The molecule has 1 aromatic heterocycles.